The van der Waals surface area contributed by atoms with Crippen LogP contribution in [0.5, 0.6) is 5.75 Å². The first-order valence-corrected chi connectivity index (χ1v) is 7.77. The van der Waals surface area contributed by atoms with Crippen molar-refractivity contribution in [3.05, 3.63) is 28.2 Å². The van der Waals surface area contributed by atoms with Gasteiger partial charge < -0.3 is 15.6 Å². The summed E-state index contributed by atoms with van der Waals surface area (Å²) in [6.07, 6.45) is 4.64. The van der Waals surface area contributed by atoms with Crippen LogP contribution < -0.4 is 10.5 Å². The van der Waals surface area contributed by atoms with Crippen molar-refractivity contribution in [2.45, 2.75) is 57.3 Å². The number of hydrogen-bond acceptors (Lipinski definition) is 3. The highest BCUT2D eigenvalue weighted by Crippen LogP contribution is 2.30. The van der Waals surface area contributed by atoms with E-state index in [-0.39, 0.29) is 18.2 Å². The van der Waals surface area contributed by atoms with Crippen LogP contribution in [0.3, 0.4) is 0 Å². The van der Waals surface area contributed by atoms with Gasteiger partial charge in [-0.2, -0.15) is 0 Å². The summed E-state index contributed by atoms with van der Waals surface area (Å²) < 4.78 is 7.04. The summed E-state index contributed by atoms with van der Waals surface area (Å²) in [4.78, 5) is 0. The molecule has 1 aliphatic carbocycles. The summed E-state index contributed by atoms with van der Waals surface area (Å²) in [7, 11) is 0. The van der Waals surface area contributed by atoms with Gasteiger partial charge in [-0.05, 0) is 44.4 Å². The SMILES string of the molecule is C[C@H](N)c1cc(Br)ccc1OC1CCCCCC1O. The standard InChI is InChI=1S/C15H22BrNO2/c1-10(17)12-9-11(16)7-8-14(12)19-15-6-4-2-3-5-13(15)18/h7-10,13,15,18H,2-6,17H2,1H3/t10-,13?,15?/m0/s1. The highest BCUT2D eigenvalue weighted by Gasteiger charge is 2.24. The molecule has 0 aromatic heterocycles. The van der Waals surface area contributed by atoms with Crippen molar-refractivity contribution in [2.24, 2.45) is 5.73 Å². The van der Waals surface area contributed by atoms with Crippen molar-refractivity contribution >= 4 is 15.9 Å². The topological polar surface area (TPSA) is 55.5 Å². The van der Waals surface area contributed by atoms with E-state index in [4.69, 9.17) is 10.5 Å². The van der Waals surface area contributed by atoms with Crippen LogP contribution in [0.1, 0.15) is 50.6 Å². The molecule has 0 radical (unpaired) electrons. The van der Waals surface area contributed by atoms with Crippen LogP contribution in [0.2, 0.25) is 0 Å². The first-order valence-electron chi connectivity index (χ1n) is 6.97. The molecular formula is C15H22BrNO2. The van der Waals surface area contributed by atoms with Gasteiger partial charge in [-0.25, -0.2) is 0 Å². The molecular weight excluding hydrogens is 306 g/mol. The van der Waals surface area contributed by atoms with Gasteiger partial charge in [0.05, 0.1) is 6.10 Å². The molecule has 0 heterocycles. The number of nitrogens with two attached hydrogens (primary N) is 1. The van der Waals surface area contributed by atoms with Gasteiger partial charge in [-0.1, -0.05) is 28.8 Å². The van der Waals surface area contributed by atoms with Gasteiger partial charge in [-0.3, -0.25) is 0 Å². The Bertz CT molecular complexity index is 423. The first-order chi connectivity index (χ1) is 9.08. The van der Waals surface area contributed by atoms with E-state index < -0.39 is 0 Å². The van der Waals surface area contributed by atoms with Crippen LogP contribution in [0.4, 0.5) is 0 Å². The second-order valence-corrected chi connectivity index (χ2v) is 6.25. The highest BCUT2D eigenvalue weighted by atomic mass is 79.9. The number of rotatable bonds is 3. The van der Waals surface area contributed by atoms with E-state index in [9.17, 15) is 5.11 Å². The van der Waals surface area contributed by atoms with E-state index in [0.717, 1.165) is 41.5 Å². The summed E-state index contributed by atoms with van der Waals surface area (Å²) in [5.74, 6) is 0.796. The molecule has 0 amide bonds. The number of benzene rings is 1. The second kappa shape index (κ2) is 6.73. The lowest BCUT2D eigenvalue weighted by molar-refractivity contribution is 0.0313. The zero-order chi connectivity index (χ0) is 13.8. The maximum absolute atomic E-state index is 10.1. The molecule has 106 valence electrons. The van der Waals surface area contributed by atoms with E-state index >= 15 is 0 Å². The first kappa shape index (κ1) is 14.8. The van der Waals surface area contributed by atoms with Crippen LogP contribution in [-0.4, -0.2) is 17.3 Å². The fourth-order valence-electron chi connectivity index (χ4n) is 2.54. The predicted molar refractivity (Wildman–Crippen MR) is 80.3 cm³/mol. The van der Waals surface area contributed by atoms with Crippen molar-refractivity contribution in [3.8, 4) is 5.75 Å². The number of aliphatic hydroxyl groups excluding tert-OH is 1. The van der Waals surface area contributed by atoms with Crippen LogP contribution in [0.15, 0.2) is 22.7 Å². The zero-order valence-corrected chi connectivity index (χ0v) is 12.9. The molecule has 1 aromatic carbocycles. The quantitative estimate of drug-likeness (QED) is 0.835. The minimum Gasteiger partial charge on any atom is -0.487 e. The molecule has 0 spiro atoms. The zero-order valence-electron chi connectivity index (χ0n) is 11.3. The molecule has 3 nitrogen and oxygen atoms in total. The molecule has 4 heteroatoms. The van der Waals surface area contributed by atoms with Gasteiger partial charge in [0.15, 0.2) is 0 Å². The van der Waals surface area contributed by atoms with Gasteiger partial charge in [-0.15, -0.1) is 0 Å². The molecule has 3 atom stereocenters. The molecule has 0 saturated heterocycles. The van der Waals surface area contributed by atoms with Crippen molar-refractivity contribution in [1.29, 1.82) is 0 Å². The normalized spacial score (nSPS) is 25.7. The van der Waals surface area contributed by atoms with Crippen molar-refractivity contribution in [1.82, 2.24) is 0 Å². The molecule has 1 aromatic rings. The minimum atomic E-state index is -0.368. The Morgan fingerprint density at radius 2 is 2.05 bits per heavy atom. The van der Waals surface area contributed by atoms with E-state index in [1.807, 2.05) is 25.1 Å². The number of aliphatic hydroxyl groups is 1. The van der Waals surface area contributed by atoms with Crippen LogP contribution >= 0.6 is 15.9 Å². The average Bonchev–Trinajstić information content (AvgIpc) is 2.57. The summed E-state index contributed by atoms with van der Waals surface area (Å²) in [5.41, 5.74) is 6.97. The third kappa shape index (κ3) is 3.94. The molecule has 3 N–H and O–H groups in total. The third-order valence-electron chi connectivity index (χ3n) is 3.66. The molecule has 2 unspecified atom stereocenters. The van der Waals surface area contributed by atoms with Gasteiger partial charge >= 0.3 is 0 Å². The monoisotopic (exact) mass is 327 g/mol. The second-order valence-electron chi connectivity index (χ2n) is 5.33. The highest BCUT2D eigenvalue weighted by molar-refractivity contribution is 9.10. The Labute approximate surface area is 123 Å². The summed E-state index contributed by atoms with van der Waals surface area (Å²) in [5, 5.41) is 10.1. The minimum absolute atomic E-state index is 0.0876. The fourth-order valence-corrected chi connectivity index (χ4v) is 2.92. The molecule has 0 aliphatic heterocycles. The largest absolute Gasteiger partial charge is 0.487 e. The molecule has 1 aliphatic rings. The van der Waals surface area contributed by atoms with Crippen LogP contribution in [0.25, 0.3) is 0 Å². The van der Waals surface area contributed by atoms with E-state index in [0.29, 0.717) is 0 Å². The Hall–Kier alpha value is -0.580. The Kier molecular flexibility index (Phi) is 5.25. The average molecular weight is 328 g/mol. The van der Waals surface area contributed by atoms with Crippen LogP contribution in [-0.2, 0) is 0 Å². The third-order valence-corrected chi connectivity index (χ3v) is 4.15. The predicted octanol–water partition coefficient (Wildman–Crippen LogP) is 3.54. The fraction of sp³-hybridized carbons (Fsp3) is 0.600. The van der Waals surface area contributed by atoms with Crippen molar-refractivity contribution in [2.75, 3.05) is 0 Å². The van der Waals surface area contributed by atoms with Gasteiger partial charge in [0.2, 0.25) is 0 Å². The lowest BCUT2D eigenvalue weighted by Crippen LogP contribution is -2.31. The van der Waals surface area contributed by atoms with Crippen molar-refractivity contribution < 1.29 is 9.84 Å². The van der Waals surface area contributed by atoms with Crippen molar-refractivity contribution in [3.63, 3.8) is 0 Å². The van der Waals surface area contributed by atoms with Gasteiger partial charge in [0.25, 0.3) is 0 Å². The summed E-state index contributed by atoms with van der Waals surface area (Å²) in [6, 6.07) is 5.78. The summed E-state index contributed by atoms with van der Waals surface area (Å²) >= 11 is 3.45. The number of ether oxygens (including phenoxy) is 1. The molecule has 19 heavy (non-hydrogen) atoms. The van der Waals surface area contributed by atoms with Gasteiger partial charge in [0, 0.05) is 16.1 Å². The van der Waals surface area contributed by atoms with E-state index in [2.05, 4.69) is 15.9 Å². The van der Waals surface area contributed by atoms with E-state index in [1.54, 1.807) is 0 Å². The van der Waals surface area contributed by atoms with E-state index in [1.165, 1.54) is 6.42 Å². The lowest BCUT2D eigenvalue weighted by atomic mass is 10.1. The Morgan fingerprint density at radius 1 is 1.32 bits per heavy atom. The maximum Gasteiger partial charge on any atom is 0.124 e. The van der Waals surface area contributed by atoms with Crippen LogP contribution in [0, 0.1) is 0 Å². The summed E-state index contributed by atoms with van der Waals surface area (Å²) in [6.45, 7) is 1.94. The maximum atomic E-state index is 10.1. The number of hydrogen-bond donors (Lipinski definition) is 2. The van der Waals surface area contributed by atoms with Gasteiger partial charge in [0.1, 0.15) is 11.9 Å². The Balaban J connectivity index is 2.17. The molecule has 2 rings (SSSR count). The Morgan fingerprint density at radius 3 is 2.79 bits per heavy atom. The lowest BCUT2D eigenvalue weighted by Gasteiger charge is -2.24. The molecule has 1 fully saturated rings. The molecule has 0 bridgehead atoms. The molecule has 1 saturated carbocycles. The number of halogens is 1. The smallest absolute Gasteiger partial charge is 0.124 e.